The highest BCUT2D eigenvalue weighted by atomic mass is 16.5. The molecule has 0 aliphatic carbocycles. The molecule has 27 heavy (non-hydrogen) atoms. The number of ether oxygens (including phenoxy) is 1. The molecular formula is C21H28N4O2. The molecule has 2 aromatic rings. The normalized spacial score (nSPS) is 20.0. The molecule has 0 bridgehead atoms. The van der Waals surface area contributed by atoms with E-state index in [1.807, 2.05) is 16.8 Å². The maximum absolute atomic E-state index is 12.7. The highest BCUT2D eigenvalue weighted by molar-refractivity contribution is 5.92. The summed E-state index contributed by atoms with van der Waals surface area (Å²) in [7, 11) is 0. The zero-order valence-electron chi connectivity index (χ0n) is 16.1. The third kappa shape index (κ3) is 3.92. The Bertz CT molecular complexity index is 814. The first-order valence-corrected chi connectivity index (χ1v) is 9.90. The van der Waals surface area contributed by atoms with E-state index in [1.54, 1.807) is 0 Å². The summed E-state index contributed by atoms with van der Waals surface area (Å²) in [6.45, 7) is 8.36. The Morgan fingerprint density at radius 2 is 2.19 bits per heavy atom. The lowest BCUT2D eigenvalue weighted by Crippen LogP contribution is -2.32. The number of carbonyl (C=O) groups excluding carboxylic acids is 1. The van der Waals surface area contributed by atoms with Crippen molar-refractivity contribution in [3.8, 4) is 0 Å². The third-order valence-electron chi connectivity index (χ3n) is 5.55. The van der Waals surface area contributed by atoms with Crippen LogP contribution in [0.4, 0.5) is 0 Å². The maximum atomic E-state index is 12.7. The van der Waals surface area contributed by atoms with Gasteiger partial charge in [0.1, 0.15) is 11.8 Å². The molecule has 0 saturated carbocycles. The lowest BCUT2D eigenvalue weighted by Gasteiger charge is -2.26. The van der Waals surface area contributed by atoms with Crippen LogP contribution in [-0.2, 0) is 24.2 Å². The third-order valence-corrected chi connectivity index (χ3v) is 5.55. The van der Waals surface area contributed by atoms with Gasteiger partial charge in [-0.1, -0.05) is 24.3 Å². The van der Waals surface area contributed by atoms with Crippen LogP contribution in [0.3, 0.4) is 0 Å². The van der Waals surface area contributed by atoms with Gasteiger partial charge in [-0.25, -0.2) is 0 Å². The number of aryl methyl sites for hydroxylation is 1. The first-order valence-electron chi connectivity index (χ1n) is 9.90. The summed E-state index contributed by atoms with van der Waals surface area (Å²) in [5.74, 6) is -0.127. The molecule has 1 atom stereocenters. The molecule has 3 heterocycles. The van der Waals surface area contributed by atoms with E-state index >= 15 is 0 Å². The van der Waals surface area contributed by atoms with E-state index in [9.17, 15) is 4.79 Å². The maximum Gasteiger partial charge on any atom is 0.271 e. The molecule has 6 nitrogen and oxygen atoms in total. The molecule has 2 aliphatic rings. The Labute approximate surface area is 160 Å². The summed E-state index contributed by atoms with van der Waals surface area (Å²) in [5.41, 5.74) is 4.10. The van der Waals surface area contributed by atoms with Crippen molar-refractivity contribution in [1.29, 1.82) is 0 Å². The second kappa shape index (κ2) is 7.82. The molecule has 0 fully saturated rings. The molecule has 4 rings (SSSR count). The smallest absolute Gasteiger partial charge is 0.271 e. The topological polar surface area (TPSA) is 59.4 Å². The highest BCUT2D eigenvalue weighted by Crippen LogP contribution is 2.26. The van der Waals surface area contributed by atoms with Crippen molar-refractivity contribution in [1.82, 2.24) is 20.0 Å². The van der Waals surface area contributed by atoms with Gasteiger partial charge in [0.2, 0.25) is 0 Å². The first kappa shape index (κ1) is 18.2. The molecule has 1 amide bonds. The number of rotatable bonds is 4. The van der Waals surface area contributed by atoms with E-state index in [0.29, 0.717) is 24.9 Å². The van der Waals surface area contributed by atoms with Crippen LogP contribution in [0.2, 0.25) is 0 Å². The quantitative estimate of drug-likeness (QED) is 0.901. The van der Waals surface area contributed by atoms with Crippen LogP contribution >= 0.6 is 0 Å². The lowest BCUT2D eigenvalue weighted by atomic mass is 9.97. The minimum Gasteiger partial charge on any atom is -0.371 e. The molecule has 6 heteroatoms. The number of carbonyl (C=O) groups is 1. The van der Waals surface area contributed by atoms with Gasteiger partial charge in [0.15, 0.2) is 0 Å². The fraction of sp³-hybridized carbons (Fsp3) is 0.524. The number of amides is 1. The molecule has 0 saturated heterocycles. The monoisotopic (exact) mass is 368 g/mol. The molecule has 1 unspecified atom stereocenters. The number of hydrogen-bond donors (Lipinski definition) is 1. The summed E-state index contributed by atoms with van der Waals surface area (Å²) < 4.78 is 7.87. The van der Waals surface area contributed by atoms with Crippen molar-refractivity contribution in [2.45, 2.75) is 51.9 Å². The number of fused-ring (bicyclic) bond motifs is 2. The minimum atomic E-state index is -0.127. The average molecular weight is 368 g/mol. The summed E-state index contributed by atoms with van der Waals surface area (Å²) in [6, 6.07) is 10.7. The molecule has 1 aromatic heterocycles. The Hall–Kier alpha value is -2.18. The van der Waals surface area contributed by atoms with Gasteiger partial charge in [-0.05, 0) is 43.9 Å². The highest BCUT2D eigenvalue weighted by Gasteiger charge is 2.23. The van der Waals surface area contributed by atoms with Crippen LogP contribution < -0.4 is 5.32 Å². The van der Waals surface area contributed by atoms with E-state index in [1.165, 1.54) is 11.1 Å². The first-order chi connectivity index (χ1) is 13.1. The molecule has 1 N–H and O–H groups in total. The van der Waals surface area contributed by atoms with E-state index in [4.69, 9.17) is 4.74 Å². The number of nitrogens with zero attached hydrogens (tertiary/aromatic N) is 3. The Morgan fingerprint density at radius 3 is 3.04 bits per heavy atom. The SMILES string of the molecule is CC(C)N1CCCn2nc(C(=O)NCC3OCCc4ccccc43)cc2C1. The number of benzene rings is 1. The summed E-state index contributed by atoms with van der Waals surface area (Å²) in [4.78, 5) is 15.1. The molecule has 1 aromatic carbocycles. The van der Waals surface area contributed by atoms with E-state index in [2.05, 4.69) is 47.4 Å². The van der Waals surface area contributed by atoms with Gasteiger partial charge in [0.25, 0.3) is 5.91 Å². The van der Waals surface area contributed by atoms with Gasteiger partial charge in [-0.3, -0.25) is 14.4 Å². The van der Waals surface area contributed by atoms with E-state index < -0.39 is 0 Å². The van der Waals surface area contributed by atoms with Crippen molar-refractivity contribution in [3.63, 3.8) is 0 Å². The van der Waals surface area contributed by atoms with Gasteiger partial charge in [-0.2, -0.15) is 5.10 Å². The van der Waals surface area contributed by atoms with Crippen LogP contribution in [0, 0.1) is 0 Å². The molecule has 2 aliphatic heterocycles. The van der Waals surface area contributed by atoms with Crippen LogP contribution in [-0.4, -0.2) is 46.3 Å². The van der Waals surface area contributed by atoms with Gasteiger partial charge in [0.05, 0.1) is 12.3 Å². The van der Waals surface area contributed by atoms with Gasteiger partial charge < -0.3 is 10.1 Å². The van der Waals surface area contributed by atoms with Gasteiger partial charge in [-0.15, -0.1) is 0 Å². The molecule has 0 spiro atoms. The number of aromatic nitrogens is 2. The van der Waals surface area contributed by atoms with Crippen molar-refractivity contribution < 1.29 is 9.53 Å². The van der Waals surface area contributed by atoms with E-state index in [0.717, 1.165) is 38.2 Å². The van der Waals surface area contributed by atoms with Crippen LogP contribution in [0.25, 0.3) is 0 Å². The Morgan fingerprint density at radius 1 is 1.33 bits per heavy atom. The Kier molecular flexibility index (Phi) is 5.27. The summed E-state index contributed by atoms with van der Waals surface area (Å²) in [5, 5.41) is 7.56. The predicted molar refractivity (Wildman–Crippen MR) is 104 cm³/mol. The van der Waals surface area contributed by atoms with Crippen LogP contribution in [0.1, 0.15) is 53.7 Å². The summed E-state index contributed by atoms with van der Waals surface area (Å²) in [6.07, 6.45) is 1.90. The Balaban J connectivity index is 1.42. The fourth-order valence-corrected chi connectivity index (χ4v) is 3.96. The minimum absolute atomic E-state index is 0.0872. The summed E-state index contributed by atoms with van der Waals surface area (Å²) >= 11 is 0. The lowest BCUT2D eigenvalue weighted by molar-refractivity contribution is 0.0410. The number of hydrogen-bond acceptors (Lipinski definition) is 4. The predicted octanol–water partition coefficient (Wildman–Crippen LogP) is 2.54. The second-order valence-corrected chi connectivity index (χ2v) is 7.68. The van der Waals surface area contributed by atoms with Crippen LogP contribution in [0.15, 0.2) is 30.3 Å². The van der Waals surface area contributed by atoms with E-state index in [-0.39, 0.29) is 12.0 Å². The standard InChI is InChI=1S/C21H28N4O2/c1-15(2)24-9-5-10-25-17(14-24)12-19(23-25)21(26)22-13-20-18-7-4-3-6-16(18)8-11-27-20/h3-4,6-7,12,15,20H,5,8-11,13-14H2,1-2H3,(H,22,26). The van der Waals surface area contributed by atoms with Crippen molar-refractivity contribution in [3.05, 3.63) is 52.8 Å². The fourth-order valence-electron chi connectivity index (χ4n) is 3.96. The van der Waals surface area contributed by atoms with Crippen molar-refractivity contribution in [2.24, 2.45) is 0 Å². The molecular weight excluding hydrogens is 340 g/mol. The molecule has 0 radical (unpaired) electrons. The molecule has 144 valence electrons. The van der Waals surface area contributed by atoms with Gasteiger partial charge in [0, 0.05) is 32.2 Å². The second-order valence-electron chi connectivity index (χ2n) is 7.68. The van der Waals surface area contributed by atoms with Gasteiger partial charge >= 0.3 is 0 Å². The zero-order chi connectivity index (χ0) is 18.8. The van der Waals surface area contributed by atoms with Crippen molar-refractivity contribution in [2.75, 3.05) is 19.7 Å². The van der Waals surface area contributed by atoms with Crippen molar-refractivity contribution >= 4 is 5.91 Å². The average Bonchev–Trinajstić information content (AvgIpc) is 2.97. The van der Waals surface area contributed by atoms with Crippen LogP contribution in [0.5, 0.6) is 0 Å². The largest absolute Gasteiger partial charge is 0.371 e. The number of nitrogens with one attached hydrogen (secondary N) is 1. The zero-order valence-corrected chi connectivity index (χ0v) is 16.1.